The lowest BCUT2D eigenvalue weighted by Gasteiger charge is -2.09. The van der Waals surface area contributed by atoms with Crippen molar-refractivity contribution in [3.05, 3.63) is 73.3 Å². The number of pyridine rings is 4. The van der Waals surface area contributed by atoms with Crippen molar-refractivity contribution in [1.29, 1.82) is 0 Å². The molecular weight excluding hydrogens is 392 g/mol. The average molecular weight is 408 g/mol. The predicted octanol–water partition coefficient (Wildman–Crippen LogP) is -1.31. The zero-order chi connectivity index (χ0) is 21.1. The quantitative estimate of drug-likeness (QED) is 0.219. The summed E-state index contributed by atoms with van der Waals surface area (Å²) in [6.45, 7) is 0. The second kappa shape index (κ2) is 8.15. The number of carbonyl (C=O) groups is 2. The van der Waals surface area contributed by atoms with Crippen LogP contribution < -0.4 is 19.1 Å². The highest BCUT2D eigenvalue weighted by Gasteiger charge is 2.37. The zero-order valence-corrected chi connectivity index (χ0v) is 15.4. The lowest BCUT2D eigenvalue weighted by atomic mass is 10.2. The van der Waals surface area contributed by atoms with Crippen LogP contribution >= 0.6 is 0 Å². The van der Waals surface area contributed by atoms with Gasteiger partial charge in [0, 0.05) is 46.1 Å². The van der Waals surface area contributed by atoms with Crippen molar-refractivity contribution in [2.75, 3.05) is 0 Å². The van der Waals surface area contributed by atoms with E-state index in [1.165, 1.54) is 12.4 Å². The highest BCUT2D eigenvalue weighted by atomic mass is 16.7. The third-order valence-electron chi connectivity index (χ3n) is 4.18. The fourth-order valence-electron chi connectivity index (χ4n) is 2.77. The molecular formula is C20H16N4O6+2. The van der Waals surface area contributed by atoms with Crippen LogP contribution in [0.5, 0.6) is 0 Å². The van der Waals surface area contributed by atoms with Gasteiger partial charge in [-0.15, -0.1) is 0 Å². The standard InChI is InChI=1S/C20H16N4O6/c25-17(19(27)29-23-11-3-5-13-15(23)7-1-9-21-13)18(26)20(28)30-24-12-4-6-14-16(24)8-2-10-22-14/h1-12,19-20,27-28H/q+2. The maximum atomic E-state index is 12.3. The van der Waals surface area contributed by atoms with Crippen LogP contribution in [0, 0.1) is 0 Å². The molecule has 0 bridgehead atoms. The first-order valence-electron chi connectivity index (χ1n) is 8.84. The number of aliphatic hydroxyl groups excluding tert-OH is 2. The molecule has 0 saturated carbocycles. The van der Waals surface area contributed by atoms with Crippen molar-refractivity contribution >= 4 is 33.6 Å². The van der Waals surface area contributed by atoms with Crippen molar-refractivity contribution in [2.24, 2.45) is 0 Å². The van der Waals surface area contributed by atoms with Crippen LogP contribution in [0.15, 0.2) is 73.3 Å². The van der Waals surface area contributed by atoms with Gasteiger partial charge >= 0.3 is 12.6 Å². The monoisotopic (exact) mass is 408 g/mol. The summed E-state index contributed by atoms with van der Waals surface area (Å²) in [6.07, 6.45) is 1.71. The molecule has 10 heteroatoms. The molecule has 0 saturated heterocycles. The molecule has 4 aromatic rings. The number of aliphatic hydroxyl groups is 2. The number of Topliss-reactive ketones (excluding diaryl/α,β-unsaturated/α-hetero) is 2. The van der Waals surface area contributed by atoms with Gasteiger partial charge < -0.3 is 10.2 Å². The second-order valence-electron chi connectivity index (χ2n) is 6.13. The highest BCUT2D eigenvalue weighted by Crippen LogP contribution is 2.05. The summed E-state index contributed by atoms with van der Waals surface area (Å²) in [7, 11) is 0. The molecule has 2 N–H and O–H groups in total. The van der Waals surface area contributed by atoms with E-state index in [4.69, 9.17) is 9.68 Å². The van der Waals surface area contributed by atoms with Gasteiger partial charge in [0.15, 0.2) is 0 Å². The lowest BCUT2D eigenvalue weighted by Crippen LogP contribution is -2.56. The average Bonchev–Trinajstić information content (AvgIpc) is 2.78. The van der Waals surface area contributed by atoms with Crippen molar-refractivity contribution in [3.63, 3.8) is 0 Å². The van der Waals surface area contributed by atoms with E-state index in [1.54, 1.807) is 60.9 Å². The van der Waals surface area contributed by atoms with Gasteiger partial charge in [-0.25, -0.2) is 19.6 Å². The van der Waals surface area contributed by atoms with Crippen LogP contribution in [0.25, 0.3) is 22.1 Å². The van der Waals surface area contributed by atoms with E-state index < -0.39 is 24.1 Å². The Labute approximate surface area is 169 Å². The number of ketones is 2. The number of hydrogen-bond donors (Lipinski definition) is 2. The Hall–Kier alpha value is -4.02. The zero-order valence-electron chi connectivity index (χ0n) is 15.4. The minimum absolute atomic E-state index is 0.468. The first-order chi connectivity index (χ1) is 14.5. The molecule has 4 rings (SSSR count). The Morgan fingerprint density at radius 1 is 0.733 bits per heavy atom. The van der Waals surface area contributed by atoms with Crippen LogP contribution in [0.3, 0.4) is 0 Å². The number of nitrogens with zero attached hydrogens (tertiary/aromatic N) is 4. The normalized spacial score (nSPS) is 13.0. The third kappa shape index (κ3) is 3.77. The number of fused-ring (bicyclic) bond motifs is 2. The minimum Gasteiger partial charge on any atom is -0.347 e. The Morgan fingerprint density at radius 2 is 1.17 bits per heavy atom. The summed E-state index contributed by atoms with van der Waals surface area (Å²) < 4.78 is 2.22. The molecule has 4 heterocycles. The first kappa shape index (κ1) is 19.3. The predicted molar refractivity (Wildman–Crippen MR) is 99.1 cm³/mol. The summed E-state index contributed by atoms with van der Waals surface area (Å²) in [5, 5.41) is 20.1. The van der Waals surface area contributed by atoms with Gasteiger partial charge in [-0.1, -0.05) is 0 Å². The van der Waals surface area contributed by atoms with E-state index in [-0.39, 0.29) is 0 Å². The van der Waals surface area contributed by atoms with Gasteiger partial charge in [-0.05, 0) is 24.3 Å². The van der Waals surface area contributed by atoms with Crippen LogP contribution in [-0.2, 0) is 9.59 Å². The summed E-state index contributed by atoms with van der Waals surface area (Å²) in [5.41, 5.74) is 2.04. The molecule has 30 heavy (non-hydrogen) atoms. The lowest BCUT2D eigenvalue weighted by molar-refractivity contribution is -0.884. The van der Waals surface area contributed by atoms with Crippen LogP contribution in [0.2, 0.25) is 0 Å². The topological polar surface area (TPSA) is 127 Å². The van der Waals surface area contributed by atoms with Crippen molar-refractivity contribution in [2.45, 2.75) is 12.6 Å². The molecule has 150 valence electrons. The highest BCUT2D eigenvalue weighted by molar-refractivity contribution is 6.39. The molecule has 2 atom stereocenters. The smallest absolute Gasteiger partial charge is 0.335 e. The van der Waals surface area contributed by atoms with Gasteiger partial charge in [0.1, 0.15) is 11.0 Å². The number of aromatic nitrogens is 4. The maximum Gasteiger partial charge on any atom is 0.335 e. The number of carbonyl (C=O) groups excluding carboxylic acids is 2. The Balaban J connectivity index is 1.49. The maximum absolute atomic E-state index is 12.3. The SMILES string of the molecule is O=C(C(=O)C(O)O[n+]1cccc2ncccc21)C(O)O[n+]1cccc2ncccc21. The van der Waals surface area contributed by atoms with E-state index >= 15 is 0 Å². The Bertz CT molecular complexity index is 1140. The number of rotatable bonds is 7. The van der Waals surface area contributed by atoms with Gasteiger partial charge in [-0.2, -0.15) is 0 Å². The minimum atomic E-state index is -2.16. The number of hydrogen-bond acceptors (Lipinski definition) is 8. The Morgan fingerprint density at radius 3 is 1.60 bits per heavy atom. The largest absolute Gasteiger partial charge is 0.347 e. The molecule has 10 nitrogen and oxygen atoms in total. The molecule has 0 aliphatic carbocycles. The molecule has 0 aliphatic heterocycles. The third-order valence-corrected chi connectivity index (χ3v) is 4.18. The van der Waals surface area contributed by atoms with Crippen LogP contribution in [0.1, 0.15) is 0 Å². The molecule has 2 unspecified atom stereocenters. The molecule has 0 fully saturated rings. The molecule has 0 aromatic carbocycles. The van der Waals surface area contributed by atoms with Crippen molar-refractivity contribution in [1.82, 2.24) is 9.97 Å². The summed E-state index contributed by atoms with van der Waals surface area (Å²) in [5.74, 6) is -2.76. The van der Waals surface area contributed by atoms with E-state index in [0.717, 1.165) is 9.46 Å². The van der Waals surface area contributed by atoms with Gasteiger partial charge in [-0.3, -0.25) is 9.59 Å². The van der Waals surface area contributed by atoms with Crippen LogP contribution in [-0.4, -0.2) is 44.3 Å². The molecule has 0 amide bonds. The van der Waals surface area contributed by atoms with E-state index in [9.17, 15) is 19.8 Å². The van der Waals surface area contributed by atoms with Crippen LogP contribution in [0.4, 0.5) is 0 Å². The van der Waals surface area contributed by atoms with Gasteiger partial charge in [0.25, 0.3) is 22.6 Å². The molecule has 4 aromatic heterocycles. The van der Waals surface area contributed by atoms with Gasteiger partial charge in [0.05, 0.1) is 0 Å². The summed E-state index contributed by atoms with van der Waals surface area (Å²) in [4.78, 5) is 43.1. The van der Waals surface area contributed by atoms with Crippen molar-refractivity contribution < 1.29 is 38.9 Å². The fourth-order valence-corrected chi connectivity index (χ4v) is 2.77. The summed E-state index contributed by atoms with van der Waals surface area (Å²) >= 11 is 0. The van der Waals surface area contributed by atoms with E-state index in [1.807, 2.05) is 0 Å². The Kier molecular flexibility index (Phi) is 5.24. The van der Waals surface area contributed by atoms with E-state index in [0.29, 0.717) is 22.1 Å². The second-order valence-corrected chi connectivity index (χ2v) is 6.13. The summed E-state index contributed by atoms with van der Waals surface area (Å²) in [6, 6.07) is 13.2. The molecule has 0 aliphatic rings. The first-order valence-corrected chi connectivity index (χ1v) is 8.84. The van der Waals surface area contributed by atoms with E-state index in [2.05, 4.69) is 9.97 Å². The molecule has 0 radical (unpaired) electrons. The molecule has 0 spiro atoms. The fraction of sp³-hybridized carbons (Fsp3) is 0.100. The van der Waals surface area contributed by atoms with Crippen molar-refractivity contribution in [3.8, 4) is 0 Å². The van der Waals surface area contributed by atoms with Gasteiger partial charge in [0.2, 0.25) is 12.4 Å².